The van der Waals surface area contributed by atoms with Crippen molar-refractivity contribution >= 4 is 33.2 Å². The quantitative estimate of drug-likeness (QED) is 0.286. The summed E-state index contributed by atoms with van der Waals surface area (Å²) in [4.78, 5) is 12.7. The highest BCUT2D eigenvalue weighted by molar-refractivity contribution is 7.89. The summed E-state index contributed by atoms with van der Waals surface area (Å²) in [6, 6.07) is 14.8. The van der Waals surface area contributed by atoms with Crippen LogP contribution in [-0.4, -0.2) is 45.9 Å². The highest BCUT2D eigenvalue weighted by atomic mass is 32.2. The number of aliphatic hydroxyl groups is 1. The molecular formula is C27H26F2N6O3S. The van der Waals surface area contributed by atoms with Gasteiger partial charge in [0.05, 0.1) is 11.0 Å². The number of hydrogen-bond donors (Lipinski definition) is 3. The van der Waals surface area contributed by atoms with Crippen LogP contribution in [0.2, 0.25) is 0 Å². The maximum atomic E-state index is 13.5. The Kier molecular flexibility index (Phi) is 7.77. The average Bonchev–Trinajstić information content (AvgIpc) is 2.96. The van der Waals surface area contributed by atoms with Crippen molar-refractivity contribution in [3.63, 3.8) is 0 Å². The minimum atomic E-state index is -3.70. The summed E-state index contributed by atoms with van der Waals surface area (Å²) in [6.45, 7) is 0.631. The Balaban J connectivity index is 1.20. The molecule has 12 heteroatoms. The van der Waals surface area contributed by atoms with Gasteiger partial charge >= 0.3 is 0 Å². The fourth-order valence-electron chi connectivity index (χ4n) is 4.45. The molecule has 1 unspecified atom stereocenters. The minimum Gasteiger partial charge on any atom is -0.388 e. The lowest BCUT2D eigenvalue weighted by Gasteiger charge is -2.33. The molecule has 0 radical (unpaired) electrons. The zero-order valence-electron chi connectivity index (χ0n) is 20.7. The number of aromatic nitrogens is 3. The molecular weight excluding hydrogens is 526 g/mol. The van der Waals surface area contributed by atoms with Crippen molar-refractivity contribution < 1.29 is 22.3 Å². The Morgan fingerprint density at radius 2 is 1.67 bits per heavy atom. The number of nitrogens with one attached hydrogen (secondary N) is 2. The minimum absolute atomic E-state index is 0.0421. The Labute approximate surface area is 224 Å². The van der Waals surface area contributed by atoms with Crippen LogP contribution in [0, 0.1) is 17.6 Å². The fraction of sp³-hybridized carbons (Fsp3) is 0.222. The topological polar surface area (TPSA) is 120 Å². The second-order valence-corrected chi connectivity index (χ2v) is 11.1. The third kappa shape index (κ3) is 6.19. The van der Waals surface area contributed by atoms with Gasteiger partial charge in [0.2, 0.25) is 16.0 Å². The average molecular weight is 553 g/mol. The molecule has 2 aromatic carbocycles. The van der Waals surface area contributed by atoms with Crippen LogP contribution in [0.5, 0.6) is 0 Å². The first-order chi connectivity index (χ1) is 18.8. The van der Waals surface area contributed by atoms with Crippen molar-refractivity contribution in [2.24, 2.45) is 5.92 Å². The smallest absolute Gasteiger partial charge is 0.243 e. The zero-order chi connectivity index (χ0) is 27.4. The predicted molar refractivity (Wildman–Crippen MR) is 142 cm³/mol. The standard InChI is InChI=1S/C27H26F2N6O3S/c28-23-8-5-21(16-24(23)29)32-25-9-13-31-27(34-25)33-20-3-6-22(7-4-20)39(37,38)35-14-10-18(11-15-35)26(36)19-2-1-12-30-17-19/h1-9,12-13,16-18,26,36H,10-11,14-15H2,(H2,31,32,33,34). The van der Waals surface area contributed by atoms with Gasteiger partial charge in [-0.25, -0.2) is 22.2 Å². The first-order valence-corrected chi connectivity index (χ1v) is 13.7. The van der Waals surface area contributed by atoms with Crippen LogP contribution < -0.4 is 10.6 Å². The van der Waals surface area contributed by atoms with Gasteiger partial charge in [-0.05, 0) is 72.9 Å². The van der Waals surface area contributed by atoms with Crippen LogP contribution in [0.1, 0.15) is 24.5 Å². The summed E-state index contributed by atoms with van der Waals surface area (Å²) in [5.74, 6) is -1.38. The van der Waals surface area contributed by atoms with Gasteiger partial charge in [-0.2, -0.15) is 9.29 Å². The molecule has 202 valence electrons. The summed E-state index contributed by atoms with van der Waals surface area (Å²) in [7, 11) is -3.70. The van der Waals surface area contributed by atoms with Crippen molar-refractivity contribution in [1.82, 2.24) is 19.3 Å². The lowest BCUT2D eigenvalue weighted by atomic mass is 9.89. The first-order valence-electron chi connectivity index (χ1n) is 12.3. The van der Waals surface area contributed by atoms with Crippen molar-refractivity contribution in [3.05, 3.63) is 96.5 Å². The number of halogens is 2. The summed E-state index contributed by atoms with van der Waals surface area (Å²) >= 11 is 0. The van der Waals surface area contributed by atoms with E-state index in [1.54, 1.807) is 36.7 Å². The van der Waals surface area contributed by atoms with Gasteiger partial charge in [-0.15, -0.1) is 0 Å². The van der Waals surface area contributed by atoms with Gasteiger partial charge < -0.3 is 15.7 Å². The SMILES string of the molecule is O=S(=O)(c1ccc(Nc2nccc(Nc3ccc(F)c(F)c3)n2)cc1)N1CCC(C(O)c2cccnc2)CC1. The predicted octanol–water partition coefficient (Wildman–Crippen LogP) is 4.77. The summed E-state index contributed by atoms with van der Waals surface area (Å²) in [5, 5.41) is 16.5. The largest absolute Gasteiger partial charge is 0.388 e. The van der Waals surface area contributed by atoms with E-state index in [2.05, 4.69) is 25.6 Å². The molecule has 9 nitrogen and oxygen atoms in total. The molecule has 3 heterocycles. The lowest BCUT2D eigenvalue weighted by molar-refractivity contribution is 0.0758. The van der Waals surface area contributed by atoms with Crippen LogP contribution in [0.15, 0.2) is 84.1 Å². The molecule has 4 aromatic rings. The molecule has 1 fully saturated rings. The third-order valence-electron chi connectivity index (χ3n) is 6.57. The number of hydrogen-bond acceptors (Lipinski definition) is 8. The molecule has 0 aliphatic carbocycles. The molecule has 1 atom stereocenters. The van der Waals surface area contributed by atoms with Crippen LogP contribution in [0.25, 0.3) is 0 Å². The number of benzene rings is 2. The van der Waals surface area contributed by atoms with Crippen molar-refractivity contribution in [3.8, 4) is 0 Å². The molecule has 5 rings (SSSR count). The Bertz CT molecular complexity index is 1530. The number of nitrogens with zero attached hydrogens (tertiary/aromatic N) is 4. The molecule has 1 saturated heterocycles. The number of anilines is 4. The van der Waals surface area contributed by atoms with Gasteiger partial charge in [0.15, 0.2) is 11.6 Å². The van der Waals surface area contributed by atoms with E-state index >= 15 is 0 Å². The molecule has 39 heavy (non-hydrogen) atoms. The van der Waals surface area contributed by atoms with Crippen molar-refractivity contribution in [2.45, 2.75) is 23.8 Å². The van der Waals surface area contributed by atoms with E-state index in [0.29, 0.717) is 43.1 Å². The van der Waals surface area contributed by atoms with E-state index in [9.17, 15) is 22.3 Å². The van der Waals surface area contributed by atoms with Gasteiger partial charge in [0, 0.05) is 49.1 Å². The molecule has 0 spiro atoms. The molecule has 0 bridgehead atoms. The molecule has 0 saturated carbocycles. The third-order valence-corrected chi connectivity index (χ3v) is 8.48. The summed E-state index contributed by atoms with van der Waals surface area (Å²) < 4.78 is 54.5. The summed E-state index contributed by atoms with van der Waals surface area (Å²) in [5.41, 5.74) is 1.62. The van der Waals surface area contributed by atoms with Crippen LogP contribution in [0.3, 0.4) is 0 Å². The van der Waals surface area contributed by atoms with Gasteiger partial charge in [0.1, 0.15) is 5.82 Å². The van der Waals surface area contributed by atoms with E-state index in [1.165, 1.54) is 28.7 Å². The highest BCUT2D eigenvalue weighted by Gasteiger charge is 2.32. The fourth-order valence-corrected chi connectivity index (χ4v) is 5.92. The van der Waals surface area contributed by atoms with E-state index in [1.807, 2.05) is 6.07 Å². The van der Waals surface area contributed by atoms with E-state index in [4.69, 9.17) is 0 Å². The Morgan fingerprint density at radius 3 is 2.36 bits per heavy atom. The first kappa shape index (κ1) is 26.6. The number of piperidine rings is 1. The molecule has 2 aromatic heterocycles. The molecule has 1 aliphatic rings. The van der Waals surface area contributed by atoms with Crippen molar-refractivity contribution in [2.75, 3.05) is 23.7 Å². The van der Waals surface area contributed by atoms with Crippen LogP contribution in [0.4, 0.5) is 31.9 Å². The molecule has 1 aliphatic heterocycles. The highest BCUT2D eigenvalue weighted by Crippen LogP contribution is 2.32. The maximum absolute atomic E-state index is 13.5. The van der Waals surface area contributed by atoms with Crippen molar-refractivity contribution in [1.29, 1.82) is 0 Å². The van der Waals surface area contributed by atoms with Crippen LogP contribution in [-0.2, 0) is 10.0 Å². The van der Waals surface area contributed by atoms with E-state index in [-0.39, 0.29) is 16.8 Å². The number of rotatable bonds is 8. The number of aliphatic hydroxyl groups excluding tert-OH is 1. The Morgan fingerprint density at radius 1 is 0.923 bits per heavy atom. The van der Waals surface area contributed by atoms with E-state index < -0.39 is 27.8 Å². The number of sulfonamides is 1. The second kappa shape index (κ2) is 11.4. The second-order valence-electron chi connectivity index (χ2n) is 9.14. The van der Waals surface area contributed by atoms with Gasteiger partial charge in [-0.3, -0.25) is 4.98 Å². The zero-order valence-corrected chi connectivity index (χ0v) is 21.5. The number of pyridine rings is 1. The van der Waals surface area contributed by atoms with E-state index in [0.717, 1.165) is 17.7 Å². The lowest BCUT2D eigenvalue weighted by Crippen LogP contribution is -2.39. The van der Waals surface area contributed by atoms with Crippen LogP contribution >= 0.6 is 0 Å². The van der Waals surface area contributed by atoms with Gasteiger partial charge in [0.25, 0.3) is 0 Å². The molecule has 3 N–H and O–H groups in total. The normalized spacial score (nSPS) is 15.6. The monoisotopic (exact) mass is 552 g/mol. The Hall–Kier alpha value is -4.00. The summed E-state index contributed by atoms with van der Waals surface area (Å²) in [6.07, 6.45) is 5.18. The van der Waals surface area contributed by atoms with Gasteiger partial charge in [-0.1, -0.05) is 6.07 Å². The molecule has 0 amide bonds. The maximum Gasteiger partial charge on any atom is 0.243 e.